The van der Waals surface area contributed by atoms with Crippen LogP contribution >= 0.6 is 22.7 Å². The second-order valence-electron chi connectivity index (χ2n) is 5.30. The molecule has 124 valence electrons. The maximum absolute atomic E-state index is 11.2. The Morgan fingerprint density at radius 1 is 1.12 bits per heavy atom. The zero-order valence-corrected chi connectivity index (χ0v) is 14.9. The fourth-order valence-electron chi connectivity index (χ4n) is 2.31. The van der Waals surface area contributed by atoms with E-state index in [0.717, 1.165) is 27.2 Å². The second kappa shape index (κ2) is 6.62. The molecule has 1 N–H and O–H groups in total. The summed E-state index contributed by atoms with van der Waals surface area (Å²) < 4.78 is 6.77. The molecular weight excluding hydrogens is 354 g/mol. The van der Waals surface area contributed by atoms with Crippen LogP contribution in [0.5, 0.6) is 10.9 Å². The molecular formula is C18H13N3O2S2. The van der Waals surface area contributed by atoms with Gasteiger partial charge in [0.25, 0.3) is 5.19 Å². The van der Waals surface area contributed by atoms with Crippen molar-refractivity contribution in [3.8, 4) is 22.2 Å². The predicted octanol–water partition coefficient (Wildman–Crippen LogP) is 5.17. The number of para-hydroxylation sites is 1. The molecule has 0 saturated heterocycles. The SMILES string of the molecule is CC(=O)Nc1nc2ccc(-c3csc(Oc4ccccc4)n3)cc2s1. The number of rotatable bonds is 4. The van der Waals surface area contributed by atoms with E-state index < -0.39 is 0 Å². The van der Waals surface area contributed by atoms with Crippen molar-refractivity contribution in [2.75, 3.05) is 5.32 Å². The van der Waals surface area contributed by atoms with Crippen LogP contribution in [0.15, 0.2) is 53.9 Å². The minimum Gasteiger partial charge on any atom is -0.431 e. The van der Waals surface area contributed by atoms with E-state index >= 15 is 0 Å². The lowest BCUT2D eigenvalue weighted by Gasteiger charge is -2.00. The monoisotopic (exact) mass is 367 g/mol. The van der Waals surface area contributed by atoms with Gasteiger partial charge in [-0.3, -0.25) is 4.79 Å². The summed E-state index contributed by atoms with van der Waals surface area (Å²) in [5, 5.41) is 5.89. The first-order valence-corrected chi connectivity index (χ1v) is 9.24. The Balaban J connectivity index is 1.60. The fraction of sp³-hybridized carbons (Fsp3) is 0.0556. The van der Waals surface area contributed by atoms with E-state index in [0.29, 0.717) is 10.3 Å². The Kier molecular flexibility index (Phi) is 4.17. The van der Waals surface area contributed by atoms with Crippen LogP contribution in [-0.2, 0) is 4.79 Å². The van der Waals surface area contributed by atoms with Crippen LogP contribution < -0.4 is 10.1 Å². The van der Waals surface area contributed by atoms with Gasteiger partial charge in [-0.05, 0) is 24.3 Å². The van der Waals surface area contributed by atoms with Crippen molar-refractivity contribution >= 4 is 43.9 Å². The molecule has 0 atom stereocenters. The van der Waals surface area contributed by atoms with Gasteiger partial charge in [0.1, 0.15) is 5.75 Å². The lowest BCUT2D eigenvalue weighted by molar-refractivity contribution is -0.114. The molecule has 0 aliphatic heterocycles. The Morgan fingerprint density at radius 3 is 2.76 bits per heavy atom. The molecule has 0 bridgehead atoms. The molecule has 4 rings (SSSR count). The molecule has 0 saturated carbocycles. The Bertz CT molecular complexity index is 1040. The first-order chi connectivity index (χ1) is 12.2. The molecule has 0 unspecified atom stereocenters. The van der Waals surface area contributed by atoms with E-state index in [1.807, 2.05) is 53.9 Å². The van der Waals surface area contributed by atoms with Gasteiger partial charge in [0.05, 0.1) is 15.9 Å². The van der Waals surface area contributed by atoms with Crippen LogP contribution in [0.25, 0.3) is 21.5 Å². The first-order valence-electron chi connectivity index (χ1n) is 7.54. The number of thiazole rings is 2. The minimum atomic E-state index is -0.124. The van der Waals surface area contributed by atoms with Crippen molar-refractivity contribution in [3.63, 3.8) is 0 Å². The summed E-state index contributed by atoms with van der Waals surface area (Å²) in [4.78, 5) is 20.1. The topological polar surface area (TPSA) is 64.1 Å². The summed E-state index contributed by atoms with van der Waals surface area (Å²) in [6.45, 7) is 1.47. The molecule has 5 nitrogen and oxygen atoms in total. The molecule has 2 heterocycles. The van der Waals surface area contributed by atoms with E-state index in [-0.39, 0.29) is 5.91 Å². The first kappa shape index (κ1) is 15.7. The summed E-state index contributed by atoms with van der Waals surface area (Å²) >= 11 is 2.90. The number of aromatic nitrogens is 2. The molecule has 7 heteroatoms. The third-order valence-corrected chi connectivity index (χ3v) is 5.05. The van der Waals surface area contributed by atoms with Crippen LogP contribution in [0.1, 0.15) is 6.92 Å². The lowest BCUT2D eigenvalue weighted by Crippen LogP contribution is -2.04. The van der Waals surface area contributed by atoms with Crippen LogP contribution in [0.4, 0.5) is 5.13 Å². The highest BCUT2D eigenvalue weighted by atomic mass is 32.1. The van der Waals surface area contributed by atoms with Crippen molar-refractivity contribution in [3.05, 3.63) is 53.9 Å². The highest BCUT2D eigenvalue weighted by Crippen LogP contribution is 2.33. The molecule has 0 radical (unpaired) electrons. The number of anilines is 1. The number of carbonyl (C=O) groups is 1. The van der Waals surface area contributed by atoms with Crippen LogP contribution in [0.3, 0.4) is 0 Å². The van der Waals surface area contributed by atoms with Gasteiger partial charge in [0.2, 0.25) is 5.91 Å². The standard InChI is InChI=1S/C18H13N3O2S2/c1-11(22)19-17-20-14-8-7-12(9-16(14)25-17)15-10-24-18(21-15)23-13-5-3-2-4-6-13/h2-10H,1H3,(H,19,20,22). The maximum atomic E-state index is 11.2. The van der Waals surface area contributed by atoms with Crippen LogP contribution in [-0.4, -0.2) is 15.9 Å². The normalized spacial score (nSPS) is 10.8. The van der Waals surface area contributed by atoms with Crippen molar-refractivity contribution in [2.24, 2.45) is 0 Å². The number of hydrogen-bond donors (Lipinski definition) is 1. The average Bonchev–Trinajstić information content (AvgIpc) is 3.20. The molecule has 1 amide bonds. The number of ether oxygens (including phenoxy) is 1. The molecule has 0 aliphatic rings. The third-order valence-electron chi connectivity index (χ3n) is 3.40. The number of fused-ring (bicyclic) bond motifs is 1. The van der Waals surface area contributed by atoms with Gasteiger partial charge < -0.3 is 10.1 Å². The highest BCUT2D eigenvalue weighted by Gasteiger charge is 2.10. The maximum Gasteiger partial charge on any atom is 0.279 e. The molecule has 25 heavy (non-hydrogen) atoms. The molecule has 4 aromatic rings. The van der Waals surface area contributed by atoms with Gasteiger partial charge in [-0.25, -0.2) is 9.97 Å². The number of hydrogen-bond acceptors (Lipinski definition) is 6. The van der Waals surface area contributed by atoms with Crippen molar-refractivity contribution in [1.29, 1.82) is 0 Å². The number of nitrogens with one attached hydrogen (secondary N) is 1. The van der Waals surface area contributed by atoms with Gasteiger partial charge in [0, 0.05) is 17.9 Å². The minimum absolute atomic E-state index is 0.124. The van der Waals surface area contributed by atoms with Crippen molar-refractivity contribution in [2.45, 2.75) is 6.92 Å². The Labute approximate surface area is 152 Å². The van der Waals surface area contributed by atoms with E-state index in [9.17, 15) is 4.79 Å². The molecule has 2 aromatic carbocycles. The smallest absolute Gasteiger partial charge is 0.279 e. The lowest BCUT2D eigenvalue weighted by atomic mass is 10.2. The fourth-order valence-corrected chi connectivity index (χ4v) is 3.96. The highest BCUT2D eigenvalue weighted by molar-refractivity contribution is 7.22. The number of carbonyl (C=O) groups excluding carboxylic acids is 1. The summed E-state index contributed by atoms with van der Waals surface area (Å²) in [7, 11) is 0. The van der Waals surface area contributed by atoms with E-state index in [4.69, 9.17) is 4.74 Å². The van der Waals surface area contributed by atoms with Gasteiger partial charge >= 0.3 is 0 Å². The largest absolute Gasteiger partial charge is 0.431 e. The van der Waals surface area contributed by atoms with Crippen LogP contribution in [0.2, 0.25) is 0 Å². The van der Waals surface area contributed by atoms with Gasteiger partial charge in [0.15, 0.2) is 5.13 Å². The number of benzene rings is 2. The Hall–Kier alpha value is -2.77. The van der Waals surface area contributed by atoms with E-state index in [1.54, 1.807) is 0 Å². The van der Waals surface area contributed by atoms with Gasteiger partial charge in [-0.2, -0.15) is 0 Å². The summed E-state index contributed by atoms with van der Waals surface area (Å²) in [5.74, 6) is 0.641. The third kappa shape index (κ3) is 3.52. The summed E-state index contributed by atoms with van der Waals surface area (Å²) in [6, 6.07) is 15.5. The second-order valence-corrected chi connectivity index (χ2v) is 7.15. The van der Waals surface area contributed by atoms with Crippen molar-refractivity contribution < 1.29 is 9.53 Å². The van der Waals surface area contributed by atoms with Crippen molar-refractivity contribution in [1.82, 2.24) is 9.97 Å². The zero-order valence-electron chi connectivity index (χ0n) is 13.2. The number of nitrogens with zero attached hydrogens (tertiary/aromatic N) is 2. The average molecular weight is 367 g/mol. The predicted molar refractivity (Wildman–Crippen MR) is 102 cm³/mol. The summed E-state index contributed by atoms with van der Waals surface area (Å²) in [5.41, 5.74) is 2.70. The van der Waals surface area contributed by atoms with Gasteiger partial charge in [-0.1, -0.05) is 46.9 Å². The molecule has 2 aromatic heterocycles. The Morgan fingerprint density at radius 2 is 1.96 bits per heavy atom. The van der Waals surface area contributed by atoms with Crippen LogP contribution in [0, 0.1) is 0 Å². The van der Waals surface area contributed by atoms with E-state index in [1.165, 1.54) is 29.6 Å². The molecule has 0 fully saturated rings. The number of amides is 1. The molecule has 0 aliphatic carbocycles. The zero-order chi connectivity index (χ0) is 17.2. The molecule has 0 spiro atoms. The van der Waals surface area contributed by atoms with E-state index in [2.05, 4.69) is 15.3 Å². The van der Waals surface area contributed by atoms with Gasteiger partial charge in [-0.15, -0.1) is 0 Å². The quantitative estimate of drug-likeness (QED) is 0.540. The summed E-state index contributed by atoms with van der Waals surface area (Å²) in [6.07, 6.45) is 0.